The average Bonchev–Trinajstić information content (AvgIpc) is 3.56. The van der Waals surface area contributed by atoms with E-state index >= 15 is 0 Å². The minimum Gasteiger partial charge on any atom is -0.324 e. The maximum atomic E-state index is 12.8. The quantitative estimate of drug-likeness (QED) is 0.597. The first kappa shape index (κ1) is 20.8. The molecule has 1 saturated carbocycles. The summed E-state index contributed by atoms with van der Waals surface area (Å²) in [5.74, 6) is 1.84. The zero-order valence-corrected chi connectivity index (χ0v) is 17.5. The Morgan fingerprint density at radius 3 is 2.62 bits per heavy atom. The molecule has 0 spiro atoms. The number of amides is 2. The fourth-order valence-electron chi connectivity index (χ4n) is 4.41. The highest BCUT2D eigenvalue weighted by atomic mass is 19.4. The Labute approximate surface area is 183 Å². The van der Waals surface area contributed by atoms with Crippen LogP contribution in [0.2, 0.25) is 0 Å². The number of hydrogen-bond acceptors (Lipinski definition) is 3. The number of aromatic nitrogens is 3. The number of carbonyl (C=O) groups is 1. The van der Waals surface area contributed by atoms with Crippen molar-refractivity contribution in [2.75, 3.05) is 18.4 Å². The van der Waals surface area contributed by atoms with Crippen LogP contribution in [0.25, 0.3) is 11.2 Å². The molecule has 1 unspecified atom stereocenters. The van der Waals surface area contributed by atoms with Crippen molar-refractivity contribution in [3.63, 3.8) is 0 Å². The number of benzene rings is 1. The van der Waals surface area contributed by atoms with Crippen LogP contribution >= 0.6 is 0 Å². The van der Waals surface area contributed by atoms with Crippen molar-refractivity contribution in [2.45, 2.75) is 44.3 Å². The molecule has 0 bridgehead atoms. The third kappa shape index (κ3) is 4.28. The van der Waals surface area contributed by atoms with E-state index < -0.39 is 11.7 Å². The lowest BCUT2D eigenvalue weighted by Gasteiger charge is -2.33. The van der Waals surface area contributed by atoms with Gasteiger partial charge in [0.25, 0.3) is 0 Å². The first-order valence-electron chi connectivity index (χ1n) is 10.9. The van der Waals surface area contributed by atoms with Crippen molar-refractivity contribution in [3.8, 4) is 0 Å². The van der Waals surface area contributed by atoms with Gasteiger partial charge in [-0.15, -0.1) is 0 Å². The molecule has 2 amide bonds. The largest absolute Gasteiger partial charge is 0.416 e. The molecule has 3 heterocycles. The minimum atomic E-state index is -4.39. The molecule has 1 N–H and O–H groups in total. The predicted molar refractivity (Wildman–Crippen MR) is 114 cm³/mol. The molecule has 168 valence electrons. The Balaban J connectivity index is 1.26. The number of likely N-dealkylation sites (tertiary alicyclic amines) is 1. The smallest absolute Gasteiger partial charge is 0.324 e. The summed E-state index contributed by atoms with van der Waals surface area (Å²) in [6.07, 6.45) is 1.56. The molecular weight excluding hydrogens is 419 g/mol. The highest BCUT2D eigenvalue weighted by Crippen LogP contribution is 2.41. The lowest BCUT2D eigenvalue weighted by molar-refractivity contribution is -0.137. The fraction of sp³-hybridized carbons (Fsp3) is 0.435. The average molecular weight is 443 g/mol. The highest BCUT2D eigenvalue weighted by molar-refractivity contribution is 5.89. The zero-order chi connectivity index (χ0) is 22.3. The number of rotatable bonds is 4. The van der Waals surface area contributed by atoms with Gasteiger partial charge in [-0.3, -0.25) is 0 Å². The van der Waals surface area contributed by atoms with Crippen LogP contribution in [0, 0.1) is 5.92 Å². The Hall–Kier alpha value is -3.10. The molecule has 3 aromatic rings. The van der Waals surface area contributed by atoms with Crippen molar-refractivity contribution < 1.29 is 18.0 Å². The van der Waals surface area contributed by atoms with Gasteiger partial charge in [-0.2, -0.15) is 13.2 Å². The van der Waals surface area contributed by atoms with Gasteiger partial charge in [0.1, 0.15) is 11.3 Å². The van der Waals surface area contributed by atoms with E-state index in [2.05, 4.69) is 14.9 Å². The standard InChI is InChI=1S/C23H24F3N5O/c24-23(25,26)17-7-9-18(10-8-17)28-22(32)30-12-2-3-15(13-30)14-31-20(16-5-6-16)29-19-4-1-11-27-21(19)31/h1,4,7-11,15-16H,2-3,5-6,12-14H2,(H,28,32). The summed E-state index contributed by atoms with van der Waals surface area (Å²) in [5.41, 5.74) is 1.41. The summed E-state index contributed by atoms with van der Waals surface area (Å²) in [7, 11) is 0. The number of fused-ring (bicyclic) bond motifs is 1. The van der Waals surface area contributed by atoms with Gasteiger partial charge >= 0.3 is 12.2 Å². The SMILES string of the molecule is O=C(Nc1ccc(C(F)(F)F)cc1)N1CCCC(Cn2c(C3CC3)nc3cccnc32)C1. The van der Waals surface area contributed by atoms with E-state index in [4.69, 9.17) is 4.98 Å². The lowest BCUT2D eigenvalue weighted by Crippen LogP contribution is -2.43. The predicted octanol–water partition coefficient (Wildman–Crippen LogP) is 5.27. The van der Waals surface area contributed by atoms with Gasteiger partial charge in [-0.25, -0.2) is 14.8 Å². The first-order valence-corrected chi connectivity index (χ1v) is 10.9. The maximum absolute atomic E-state index is 12.8. The van der Waals surface area contributed by atoms with Gasteiger partial charge in [0.2, 0.25) is 0 Å². The van der Waals surface area contributed by atoms with Crippen LogP contribution in [0.5, 0.6) is 0 Å². The number of nitrogens with one attached hydrogen (secondary N) is 1. The maximum Gasteiger partial charge on any atom is 0.416 e. The van der Waals surface area contributed by atoms with Crippen molar-refractivity contribution >= 4 is 22.9 Å². The highest BCUT2D eigenvalue weighted by Gasteiger charge is 2.32. The number of alkyl halides is 3. The number of halogens is 3. The molecule has 6 nitrogen and oxygen atoms in total. The molecule has 32 heavy (non-hydrogen) atoms. The summed E-state index contributed by atoms with van der Waals surface area (Å²) in [4.78, 5) is 23.8. The first-order chi connectivity index (χ1) is 15.4. The van der Waals surface area contributed by atoms with Crippen molar-refractivity contribution in [3.05, 3.63) is 54.0 Å². The number of urea groups is 1. The van der Waals surface area contributed by atoms with E-state index in [1.54, 1.807) is 11.1 Å². The van der Waals surface area contributed by atoms with Crippen LogP contribution in [0.1, 0.15) is 43.0 Å². The van der Waals surface area contributed by atoms with E-state index in [1.165, 1.54) is 12.1 Å². The molecule has 1 saturated heterocycles. The Morgan fingerprint density at radius 2 is 1.91 bits per heavy atom. The number of nitrogens with zero attached hydrogens (tertiary/aromatic N) is 4. The van der Waals surface area contributed by atoms with Gasteiger partial charge in [0.05, 0.1) is 5.56 Å². The molecule has 0 radical (unpaired) electrons. The second kappa shape index (κ2) is 8.11. The van der Waals surface area contributed by atoms with Crippen LogP contribution in [0.15, 0.2) is 42.6 Å². The van der Waals surface area contributed by atoms with E-state index in [0.29, 0.717) is 24.7 Å². The summed E-state index contributed by atoms with van der Waals surface area (Å²) in [6, 6.07) is 8.11. The van der Waals surface area contributed by atoms with Crippen molar-refractivity contribution in [1.82, 2.24) is 19.4 Å². The number of piperidine rings is 1. The van der Waals surface area contributed by atoms with E-state index in [9.17, 15) is 18.0 Å². The number of imidazole rings is 1. The molecule has 1 aliphatic heterocycles. The van der Waals surface area contributed by atoms with Crippen LogP contribution in [-0.2, 0) is 12.7 Å². The second-order valence-corrected chi connectivity index (χ2v) is 8.66. The molecule has 2 aromatic heterocycles. The fourth-order valence-corrected chi connectivity index (χ4v) is 4.41. The van der Waals surface area contributed by atoms with Gasteiger partial charge < -0.3 is 14.8 Å². The van der Waals surface area contributed by atoms with Gasteiger partial charge in [0, 0.05) is 37.4 Å². The number of carbonyl (C=O) groups excluding carboxylic acids is 1. The van der Waals surface area contributed by atoms with E-state index in [1.807, 2.05) is 12.1 Å². The Morgan fingerprint density at radius 1 is 1.12 bits per heavy atom. The van der Waals surface area contributed by atoms with E-state index in [0.717, 1.165) is 61.3 Å². The third-order valence-electron chi connectivity index (χ3n) is 6.19. The lowest BCUT2D eigenvalue weighted by atomic mass is 9.98. The van der Waals surface area contributed by atoms with Gasteiger partial charge in [-0.1, -0.05) is 0 Å². The second-order valence-electron chi connectivity index (χ2n) is 8.66. The third-order valence-corrected chi connectivity index (χ3v) is 6.19. The van der Waals surface area contributed by atoms with Gasteiger partial charge in [-0.05, 0) is 68.0 Å². The normalized spacial score (nSPS) is 19.3. The molecule has 1 atom stereocenters. The van der Waals surface area contributed by atoms with E-state index in [-0.39, 0.29) is 11.9 Å². The zero-order valence-electron chi connectivity index (χ0n) is 17.5. The molecular formula is C23H24F3N5O. The molecule has 2 fully saturated rings. The Bertz CT molecular complexity index is 1120. The van der Waals surface area contributed by atoms with Crippen molar-refractivity contribution in [1.29, 1.82) is 0 Å². The van der Waals surface area contributed by atoms with Crippen LogP contribution in [0.3, 0.4) is 0 Å². The molecule has 9 heteroatoms. The van der Waals surface area contributed by atoms with Gasteiger partial charge in [0.15, 0.2) is 5.65 Å². The van der Waals surface area contributed by atoms with Crippen LogP contribution < -0.4 is 5.32 Å². The molecule has 1 aliphatic carbocycles. The number of pyridine rings is 1. The minimum absolute atomic E-state index is 0.263. The van der Waals surface area contributed by atoms with Crippen molar-refractivity contribution in [2.24, 2.45) is 5.92 Å². The summed E-state index contributed by atoms with van der Waals surface area (Å²) >= 11 is 0. The molecule has 2 aliphatic rings. The topological polar surface area (TPSA) is 63.1 Å². The van der Waals surface area contributed by atoms with Crippen LogP contribution in [0.4, 0.5) is 23.7 Å². The molecule has 5 rings (SSSR count). The summed E-state index contributed by atoms with van der Waals surface area (Å²) < 4.78 is 40.5. The number of anilines is 1. The Kier molecular flexibility index (Phi) is 5.27. The van der Waals surface area contributed by atoms with Crippen LogP contribution in [-0.4, -0.2) is 38.6 Å². The molecule has 1 aromatic carbocycles. The monoisotopic (exact) mass is 443 g/mol. The summed E-state index contributed by atoms with van der Waals surface area (Å²) in [5, 5.41) is 2.73. The summed E-state index contributed by atoms with van der Waals surface area (Å²) in [6.45, 7) is 1.97. The number of hydrogen-bond donors (Lipinski definition) is 1.